The number of alkyl carbamates (subject to hydrolysis) is 1. The smallest absolute Gasteiger partial charge is 0.452 e. The number of amides is 1. The molecule has 0 aromatic rings. The SMILES string of the molecule is CC(C)(C)OC(=O)N[C@H](CSC(=O)OC(C)(C)C)C(=O)C1NC(OC(=O)OC(C)(C)C)CC2CCCCC21. The molecule has 11 heteroatoms. The lowest BCUT2D eigenvalue weighted by molar-refractivity contribution is -0.130. The molecule has 5 atom stereocenters. The van der Waals surface area contributed by atoms with Gasteiger partial charge < -0.3 is 24.3 Å². The zero-order valence-corrected chi connectivity index (χ0v) is 25.1. The number of carbonyl (C=O) groups is 4. The van der Waals surface area contributed by atoms with Gasteiger partial charge in [0.25, 0.3) is 0 Å². The summed E-state index contributed by atoms with van der Waals surface area (Å²) in [5.74, 6) is -0.127. The summed E-state index contributed by atoms with van der Waals surface area (Å²) in [5.41, 5.74) is -2.16. The lowest BCUT2D eigenvalue weighted by atomic mass is 9.69. The monoisotopic (exact) mass is 558 g/mol. The largest absolute Gasteiger partial charge is 0.510 e. The van der Waals surface area contributed by atoms with Crippen LogP contribution < -0.4 is 10.6 Å². The molecule has 1 saturated carbocycles. The van der Waals surface area contributed by atoms with Gasteiger partial charge in [-0.25, -0.2) is 14.4 Å². The predicted molar refractivity (Wildman–Crippen MR) is 145 cm³/mol. The first-order chi connectivity index (χ1) is 17.3. The molecule has 2 aliphatic rings. The second-order valence-corrected chi connectivity index (χ2v) is 14.0. The van der Waals surface area contributed by atoms with Crippen LogP contribution in [0, 0.1) is 11.8 Å². The zero-order valence-electron chi connectivity index (χ0n) is 24.3. The maximum atomic E-state index is 13.9. The van der Waals surface area contributed by atoms with Crippen LogP contribution in [0.5, 0.6) is 0 Å². The van der Waals surface area contributed by atoms with Crippen molar-refractivity contribution in [2.24, 2.45) is 11.8 Å². The molecule has 0 bridgehead atoms. The van der Waals surface area contributed by atoms with Crippen molar-refractivity contribution in [3.63, 3.8) is 0 Å². The zero-order chi connectivity index (χ0) is 28.9. The van der Waals surface area contributed by atoms with Gasteiger partial charge in [0.1, 0.15) is 22.8 Å². The number of hydrogen-bond donors (Lipinski definition) is 2. The van der Waals surface area contributed by atoms with Gasteiger partial charge in [-0.05, 0) is 98.8 Å². The topological polar surface area (TPSA) is 129 Å². The number of Topliss-reactive ketones (excluding diaryl/α,β-unsaturated/α-hetero) is 1. The van der Waals surface area contributed by atoms with Crippen molar-refractivity contribution in [3.05, 3.63) is 0 Å². The first-order valence-electron chi connectivity index (χ1n) is 13.4. The molecule has 0 spiro atoms. The van der Waals surface area contributed by atoms with Crippen molar-refractivity contribution in [3.8, 4) is 0 Å². The summed E-state index contributed by atoms with van der Waals surface area (Å²) in [5, 5.41) is 5.32. The van der Waals surface area contributed by atoms with E-state index in [0.29, 0.717) is 6.42 Å². The fraction of sp³-hybridized carbons (Fsp3) is 0.852. The fourth-order valence-electron chi connectivity index (χ4n) is 4.69. The number of hydrogen-bond acceptors (Lipinski definition) is 10. The molecule has 1 aliphatic carbocycles. The Morgan fingerprint density at radius 3 is 2.03 bits per heavy atom. The highest BCUT2D eigenvalue weighted by molar-refractivity contribution is 8.13. The van der Waals surface area contributed by atoms with Crippen LogP contribution in [-0.2, 0) is 23.7 Å². The second kappa shape index (κ2) is 12.9. The van der Waals surface area contributed by atoms with Crippen LogP contribution in [0.3, 0.4) is 0 Å². The van der Waals surface area contributed by atoms with Crippen LogP contribution >= 0.6 is 11.8 Å². The van der Waals surface area contributed by atoms with Crippen molar-refractivity contribution in [2.75, 3.05) is 5.75 Å². The molecule has 2 rings (SSSR count). The van der Waals surface area contributed by atoms with Crippen molar-refractivity contribution in [1.29, 1.82) is 0 Å². The number of nitrogens with one attached hydrogen (secondary N) is 2. The molecule has 0 radical (unpaired) electrons. The molecule has 0 aromatic heterocycles. The summed E-state index contributed by atoms with van der Waals surface area (Å²) in [7, 11) is 0. The first-order valence-corrected chi connectivity index (χ1v) is 14.4. The maximum absolute atomic E-state index is 13.9. The third kappa shape index (κ3) is 11.4. The van der Waals surface area contributed by atoms with Crippen LogP contribution in [0.2, 0.25) is 0 Å². The van der Waals surface area contributed by atoms with Crippen molar-refractivity contribution < 1.29 is 38.1 Å². The Morgan fingerprint density at radius 2 is 1.45 bits per heavy atom. The fourth-order valence-corrected chi connectivity index (χ4v) is 5.55. The van der Waals surface area contributed by atoms with Crippen molar-refractivity contribution >= 4 is 35.1 Å². The third-order valence-corrected chi connectivity index (χ3v) is 6.82. The molecule has 0 aromatic carbocycles. The minimum absolute atomic E-state index is 0.0178. The summed E-state index contributed by atoms with van der Waals surface area (Å²) < 4.78 is 21.6. The molecule has 2 N–H and O–H groups in total. The van der Waals surface area contributed by atoms with E-state index in [9.17, 15) is 19.2 Å². The van der Waals surface area contributed by atoms with Gasteiger partial charge in [-0.2, -0.15) is 0 Å². The Balaban J connectivity index is 2.23. The molecule has 1 saturated heterocycles. The van der Waals surface area contributed by atoms with E-state index in [1.807, 2.05) is 0 Å². The van der Waals surface area contributed by atoms with E-state index in [0.717, 1.165) is 37.4 Å². The molecule has 218 valence electrons. The van der Waals surface area contributed by atoms with Gasteiger partial charge in [0.05, 0.1) is 6.04 Å². The number of ketones is 1. The lowest BCUT2D eigenvalue weighted by Gasteiger charge is -2.45. The van der Waals surface area contributed by atoms with E-state index in [-0.39, 0.29) is 23.4 Å². The standard InChI is InChI=1S/C27H46N2O8S/c1-25(2,3)35-22(31)28-18(15-38-24(33)37-27(7,8)9)21(30)20-17-13-11-10-12-16(17)14-19(29-20)34-23(32)36-26(4,5)6/h16-20,29H,10-15H2,1-9H3,(H,28,31)/t16?,17?,18-,19?,20?/m1/s1. The van der Waals surface area contributed by atoms with E-state index >= 15 is 0 Å². The minimum Gasteiger partial charge on any atom is -0.452 e. The van der Waals surface area contributed by atoms with E-state index in [2.05, 4.69) is 10.6 Å². The minimum atomic E-state index is -1.03. The second-order valence-electron chi connectivity index (χ2n) is 13.0. The quantitative estimate of drug-likeness (QED) is 0.315. The van der Waals surface area contributed by atoms with E-state index in [1.165, 1.54) is 0 Å². The number of ether oxygens (including phenoxy) is 4. The summed E-state index contributed by atoms with van der Waals surface area (Å²) in [6, 6.07) is -1.71. The summed E-state index contributed by atoms with van der Waals surface area (Å²) in [4.78, 5) is 51.3. The van der Waals surface area contributed by atoms with Crippen LogP contribution in [0.15, 0.2) is 0 Å². The van der Waals surface area contributed by atoms with Crippen LogP contribution in [-0.4, -0.2) is 64.2 Å². The van der Waals surface area contributed by atoms with Gasteiger partial charge in [0, 0.05) is 12.2 Å². The van der Waals surface area contributed by atoms with E-state index in [1.54, 1.807) is 62.3 Å². The van der Waals surface area contributed by atoms with Gasteiger partial charge >= 0.3 is 17.5 Å². The van der Waals surface area contributed by atoms with E-state index < -0.39 is 52.7 Å². The predicted octanol–water partition coefficient (Wildman–Crippen LogP) is 5.56. The molecule has 1 heterocycles. The molecule has 1 aliphatic heterocycles. The lowest BCUT2D eigenvalue weighted by Crippen LogP contribution is -2.61. The highest BCUT2D eigenvalue weighted by atomic mass is 32.2. The van der Waals surface area contributed by atoms with Gasteiger partial charge in [0.15, 0.2) is 12.0 Å². The summed E-state index contributed by atoms with van der Waals surface area (Å²) >= 11 is 0.825. The Hall–Kier alpha value is -2.01. The van der Waals surface area contributed by atoms with Gasteiger partial charge in [0.2, 0.25) is 0 Å². The molecule has 38 heavy (non-hydrogen) atoms. The summed E-state index contributed by atoms with van der Waals surface area (Å²) in [6.07, 6.45) is 2.09. The maximum Gasteiger partial charge on any atom is 0.510 e. The highest BCUT2D eigenvalue weighted by Gasteiger charge is 2.45. The van der Waals surface area contributed by atoms with E-state index in [4.69, 9.17) is 18.9 Å². The number of piperidine rings is 1. The van der Waals surface area contributed by atoms with Gasteiger partial charge in [-0.1, -0.05) is 12.8 Å². The van der Waals surface area contributed by atoms with Crippen LogP contribution in [0.25, 0.3) is 0 Å². The molecule has 4 unspecified atom stereocenters. The highest BCUT2D eigenvalue weighted by Crippen LogP contribution is 2.39. The van der Waals surface area contributed by atoms with Crippen molar-refractivity contribution in [2.45, 2.75) is 130 Å². The third-order valence-electron chi connectivity index (χ3n) is 6.00. The number of fused-ring (bicyclic) bond motifs is 1. The molecule has 1 amide bonds. The summed E-state index contributed by atoms with van der Waals surface area (Å²) in [6.45, 7) is 15.7. The molecular weight excluding hydrogens is 512 g/mol. The Morgan fingerprint density at radius 1 is 0.868 bits per heavy atom. The molecular formula is C27H46N2O8S. The molecule has 10 nitrogen and oxygen atoms in total. The number of rotatable bonds is 6. The van der Waals surface area contributed by atoms with Crippen LogP contribution in [0.4, 0.5) is 14.4 Å². The molecule has 2 fully saturated rings. The average molecular weight is 559 g/mol. The van der Waals surface area contributed by atoms with Crippen molar-refractivity contribution in [1.82, 2.24) is 10.6 Å². The average Bonchev–Trinajstić information content (AvgIpc) is 2.71. The Labute approximate surface area is 231 Å². The number of carbonyl (C=O) groups excluding carboxylic acids is 4. The first kappa shape index (κ1) is 32.2. The van der Waals surface area contributed by atoms with Gasteiger partial charge in [-0.15, -0.1) is 0 Å². The normalized spacial score (nSPS) is 24.9. The Bertz CT molecular complexity index is 859. The Kier molecular flexibility index (Phi) is 10.9. The number of thioether (sulfide) groups is 1. The van der Waals surface area contributed by atoms with Crippen LogP contribution in [0.1, 0.15) is 94.4 Å². The van der Waals surface area contributed by atoms with Gasteiger partial charge in [-0.3, -0.25) is 10.1 Å².